The van der Waals surface area contributed by atoms with Crippen LogP contribution in [0.25, 0.3) is 0 Å². The zero-order valence-electron chi connectivity index (χ0n) is 6.43. The largest absolute Gasteiger partial charge is 0.464 e. The molecule has 0 aliphatic carbocycles. The Kier molecular flexibility index (Phi) is 3.93. The number of hydrogen-bond donors (Lipinski definition) is 3. The highest BCUT2D eigenvalue weighted by Crippen LogP contribution is 2.48. The molecule has 0 saturated carbocycles. The molecule has 9 heteroatoms. The first kappa shape index (κ1) is 11.6. The molecule has 0 saturated heterocycles. The summed E-state index contributed by atoms with van der Waals surface area (Å²) < 4.78 is 22.0. The van der Waals surface area contributed by atoms with Crippen LogP contribution in [0.15, 0.2) is 0 Å². The number of carboxylic acid groups (broad SMARTS) is 1. The Morgan fingerprint density at radius 3 is 2.25 bits per heavy atom. The van der Waals surface area contributed by atoms with Gasteiger partial charge in [-0.1, -0.05) is 6.92 Å². The molecule has 2 atom stereocenters. The molecule has 12 heavy (non-hydrogen) atoms. The lowest BCUT2D eigenvalue weighted by molar-refractivity contribution is 0.187. The predicted molar refractivity (Wildman–Crippen MR) is 45.4 cm³/mol. The van der Waals surface area contributed by atoms with Crippen molar-refractivity contribution in [2.24, 2.45) is 11.0 Å². The van der Waals surface area contributed by atoms with Crippen molar-refractivity contribution < 1.29 is 19.0 Å². The highest BCUT2D eigenvalue weighted by molar-refractivity contribution is 7.68. The van der Waals surface area contributed by atoms with Crippen LogP contribution in [0, 0.1) is 0 Å². The van der Waals surface area contributed by atoms with E-state index in [0.717, 1.165) is 0 Å². The molecule has 0 aliphatic rings. The summed E-state index contributed by atoms with van der Waals surface area (Å²) in [5, 5.41) is 8.43. The van der Waals surface area contributed by atoms with Crippen molar-refractivity contribution in [1.82, 2.24) is 4.44 Å². The van der Waals surface area contributed by atoms with Crippen LogP contribution in [0.1, 0.15) is 6.92 Å². The zero-order chi connectivity index (χ0) is 9.94. The molecule has 0 rings (SSSR count). The minimum Gasteiger partial charge on any atom is -0.464 e. The quantitative estimate of drug-likeness (QED) is 0.587. The Labute approximate surface area is 70.1 Å². The van der Waals surface area contributed by atoms with Crippen LogP contribution in [0.3, 0.4) is 0 Å². The van der Waals surface area contributed by atoms with E-state index in [9.17, 15) is 13.9 Å². The SMILES string of the molecule is CCP(N)(=O)N(C(=O)O)[PH](N)=O. The molecule has 0 spiro atoms. The summed E-state index contributed by atoms with van der Waals surface area (Å²) in [5.74, 6) is 0. The maximum atomic E-state index is 11.2. The van der Waals surface area contributed by atoms with Gasteiger partial charge in [-0.05, 0) is 0 Å². The maximum absolute atomic E-state index is 11.2. The Bertz CT molecular complexity index is 240. The van der Waals surface area contributed by atoms with Crippen molar-refractivity contribution >= 4 is 21.6 Å². The van der Waals surface area contributed by atoms with Gasteiger partial charge in [-0.2, -0.15) is 4.44 Å². The third-order valence-electron chi connectivity index (χ3n) is 1.18. The second-order valence-corrected chi connectivity index (χ2v) is 6.05. The molecule has 0 fully saturated rings. The van der Waals surface area contributed by atoms with Crippen molar-refractivity contribution in [2.75, 3.05) is 6.16 Å². The monoisotopic (exact) mass is 215 g/mol. The van der Waals surface area contributed by atoms with E-state index in [1.54, 1.807) is 0 Å². The molecule has 0 aromatic rings. The number of amides is 1. The van der Waals surface area contributed by atoms with Crippen LogP contribution in [-0.2, 0) is 9.13 Å². The number of nitrogens with zero attached hydrogens (tertiary/aromatic N) is 1. The highest BCUT2D eigenvalue weighted by Gasteiger charge is 2.31. The van der Waals surface area contributed by atoms with Gasteiger partial charge in [-0.15, -0.1) is 0 Å². The van der Waals surface area contributed by atoms with Gasteiger partial charge in [-0.25, -0.2) is 4.79 Å². The molecule has 2 unspecified atom stereocenters. The second-order valence-electron chi connectivity index (χ2n) is 2.00. The topological polar surface area (TPSA) is 127 Å². The van der Waals surface area contributed by atoms with Crippen LogP contribution in [0.2, 0.25) is 0 Å². The van der Waals surface area contributed by atoms with Gasteiger partial charge < -0.3 is 5.11 Å². The van der Waals surface area contributed by atoms with Gasteiger partial charge in [-0.3, -0.25) is 20.1 Å². The van der Waals surface area contributed by atoms with Gasteiger partial charge in [0.15, 0.2) is 0 Å². The summed E-state index contributed by atoms with van der Waals surface area (Å²) in [5.41, 5.74) is 9.95. The fourth-order valence-corrected chi connectivity index (χ4v) is 3.07. The Hall–Kier alpha value is -0.350. The summed E-state index contributed by atoms with van der Waals surface area (Å²) in [6.07, 6.45) is -1.71. The van der Waals surface area contributed by atoms with E-state index in [1.165, 1.54) is 6.92 Å². The summed E-state index contributed by atoms with van der Waals surface area (Å²) >= 11 is 0. The number of carbonyl (C=O) groups is 1. The smallest absolute Gasteiger partial charge is 0.420 e. The van der Waals surface area contributed by atoms with E-state index in [1.807, 2.05) is 0 Å². The molecule has 0 aliphatic heterocycles. The lowest BCUT2D eigenvalue weighted by Crippen LogP contribution is -2.26. The molecule has 0 aromatic heterocycles. The van der Waals surface area contributed by atoms with E-state index in [0.29, 0.717) is 0 Å². The molecule has 0 heterocycles. The lowest BCUT2D eigenvalue weighted by Gasteiger charge is -2.21. The van der Waals surface area contributed by atoms with Crippen LogP contribution in [0.4, 0.5) is 4.79 Å². The predicted octanol–water partition coefficient (Wildman–Crippen LogP) is 0.487. The summed E-state index contributed by atoms with van der Waals surface area (Å²) in [6, 6.07) is 0. The lowest BCUT2D eigenvalue weighted by atomic mass is 11.0. The van der Waals surface area contributed by atoms with Crippen LogP contribution in [-0.4, -0.2) is 21.8 Å². The van der Waals surface area contributed by atoms with Gasteiger partial charge in [0.05, 0.1) is 0 Å². The van der Waals surface area contributed by atoms with Crippen LogP contribution < -0.4 is 11.0 Å². The normalized spacial score (nSPS) is 17.9. The van der Waals surface area contributed by atoms with Crippen LogP contribution in [0.5, 0.6) is 0 Å². The first-order valence-electron chi connectivity index (χ1n) is 3.03. The van der Waals surface area contributed by atoms with E-state index in [2.05, 4.69) is 0 Å². The van der Waals surface area contributed by atoms with E-state index >= 15 is 0 Å². The molecular weight excluding hydrogens is 204 g/mol. The first-order valence-corrected chi connectivity index (χ1v) is 6.38. The molecule has 5 N–H and O–H groups in total. The Balaban J connectivity index is 4.88. The van der Waals surface area contributed by atoms with Crippen molar-refractivity contribution in [2.45, 2.75) is 6.92 Å². The molecule has 0 aromatic carbocycles. The number of rotatable bonds is 3. The first-order chi connectivity index (χ1) is 5.33. The van der Waals surface area contributed by atoms with Crippen LogP contribution >= 0.6 is 15.5 Å². The summed E-state index contributed by atoms with van der Waals surface area (Å²) in [4.78, 5) is 10.4. The van der Waals surface area contributed by atoms with Gasteiger partial charge in [0, 0.05) is 6.16 Å². The standard InChI is InChI=1S/C3H11N3O4P2/c1-2-12(5,10)6(3(7)8)11(4)9/h11H,2H2,1H3,(H2,4,9)(H2,5,10)(H,7,8). The van der Waals surface area contributed by atoms with Crippen molar-refractivity contribution in [3.05, 3.63) is 0 Å². The van der Waals surface area contributed by atoms with Gasteiger partial charge >= 0.3 is 6.09 Å². The molecule has 7 nitrogen and oxygen atoms in total. The molecule has 72 valence electrons. The Morgan fingerprint density at radius 1 is 1.75 bits per heavy atom. The highest BCUT2D eigenvalue weighted by atomic mass is 31.2. The van der Waals surface area contributed by atoms with Crippen molar-refractivity contribution in [3.63, 3.8) is 0 Å². The fourth-order valence-electron chi connectivity index (χ4n) is 0.547. The minimum atomic E-state index is -3.55. The van der Waals surface area contributed by atoms with Gasteiger partial charge in [0.1, 0.15) is 0 Å². The Morgan fingerprint density at radius 2 is 2.17 bits per heavy atom. The molecule has 1 amide bonds. The number of hydrogen-bond acceptors (Lipinski definition) is 3. The maximum Gasteiger partial charge on any atom is 0.420 e. The minimum absolute atomic E-state index is 0.0904. The van der Waals surface area contributed by atoms with Crippen molar-refractivity contribution in [1.29, 1.82) is 0 Å². The van der Waals surface area contributed by atoms with Gasteiger partial charge in [0.2, 0.25) is 15.5 Å². The fraction of sp³-hybridized carbons (Fsp3) is 0.667. The van der Waals surface area contributed by atoms with Crippen molar-refractivity contribution in [3.8, 4) is 0 Å². The number of nitrogens with two attached hydrogens (primary N) is 2. The molecule has 0 radical (unpaired) electrons. The average Bonchev–Trinajstić information content (AvgIpc) is 1.84. The van der Waals surface area contributed by atoms with Gasteiger partial charge in [0.25, 0.3) is 0 Å². The summed E-state index contributed by atoms with van der Waals surface area (Å²) in [7, 11) is -6.60. The molecular formula is C3H11N3O4P2. The van der Waals surface area contributed by atoms with E-state index < -0.39 is 21.6 Å². The zero-order valence-corrected chi connectivity index (χ0v) is 8.32. The van der Waals surface area contributed by atoms with E-state index in [-0.39, 0.29) is 10.6 Å². The summed E-state index contributed by atoms with van der Waals surface area (Å²) in [6.45, 7) is 1.43. The second kappa shape index (κ2) is 4.05. The molecule has 0 bridgehead atoms. The third kappa shape index (κ3) is 2.60. The van der Waals surface area contributed by atoms with E-state index in [4.69, 9.17) is 16.1 Å². The average molecular weight is 215 g/mol. The third-order valence-corrected chi connectivity index (χ3v) is 5.15.